The molecule has 2 aromatic carbocycles. The fourth-order valence-electron chi connectivity index (χ4n) is 2.25. The van der Waals surface area contributed by atoms with Gasteiger partial charge in [0.2, 0.25) is 0 Å². The van der Waals surface area contributed by atoms with Crippen molar-refractivity contribution in [2.75, 3.05) is 14.2 Å². The van der Waals surface area contributed by atoms with E-state index < -0.39 is 0 Å². The molecular formula is C23H32Br2MgO4. The number of esters is 2. The molecule has 0 aliphatic heterocycles. The summed E-state index contributed by atoms with van der Waals surface area (Å²) in [5.41, 5.74) is 4.40. The van der Waals surface area contributed by atoms with E-state index in [-0.39, 0.29) is 59.4 Å². The molecule has 0 N–H and O–H groups in total. The number of ether oxygens (including phenoxy) is 2. The molecule has 2 aromatic rings. The second kappa shape index (κ2) is 20.0. The largest absolute Gasteiger partial charge is 2.00 e. The van der Waals surface area contributed by atoms with Crippen molar-refractivity contribution in [2.45, 2.75) is 41.5 Å². The molecule has 0 radical (unpaired) electrons. The summed E-state index contributed by atoms with van der Waals surface area (Å²) in [5.74, 6) is -0.555. The molecule has 0 aromatic heterocycles. The third kappa shape index (κ3) is 12.1. The molecule has 4 nitrogen and oxygen atoms in total. The monoisotopic (exact) mass is 554 g/mol. The molecule has 2 rings (SSSR count). The van der Waals surface area contributed by atoms with Gasteiger partial charge in [-0.05, 0) is 61.2 Å². The van der Waals surface area contributed by atoms with Crippen LogP contribution in [0.15, 0.2) is 40.9 Å². The molecule has 0 atom stereocenters. The van der Waals surface area contributed by atoms with Crippen LogP contribution in [0.5, 0.6) is 0 Å². The van der Waals surface area contributed by atoms with Crippen molar-refractivity contribution in [1.29, 1.82) is 0 Å². The van der Waals surface area contributed by atoms with E-state index in [4.69, 9.17) is 0 Å². The number of carbonyl (C=O) groups is 2. The zero-order chi connectivity index (χ0) is 21.0. The van der Waals surface area contributed by atoms with E-state index in [0.29, 0.717) is 11.1 Å². The summed E-state index contributed by atoms with van der Waals surface area (Å²) in [4.78, 5) is 22.3. The number of methoxy groups -OCH3 is 2. The van der Waals surface area contributed by atoms with Crippen molar-refractivity contribution in [3.8, 4) is 0 Å². The maximum atomic E-state index is 11.2. The molecule has 0 heterocycles. The van der Waals surface area contributed by atoms with Gasteiger partial charge in [-0.2, -0.15) is 6.92 Å². The molecular weight excluding hydrogens is 524 g/mol. The van der Waals surface area contributed by atoms with Gasteiger partial charge in [0.05, 0.1) is 25.3 Å². The molecule has 0 aliphatic rings. The predicted molar refractivity (Wildman–Crippen MR) is 126 cm³/mol. The van der Waals surface area contributed by atoms with Crippen LogP contribution in [0.1, 0.15) is 58.7 Å². The molecule has 0 amide bonds. The fourth-order valence-corrected chi connectivity index (χ4v) is 2.73. The molecule has 0 bridgehead atoms. The van der Waals surface area contributed by atoms with Crippen LogP contribution < -0.4 is 17.0 Å². The van der Waals surface area contributed by atoms with E-state index in [1.807, 2.05) is 44.2 Å². The molecule has 0 saturated heterocycles. The Kier molecular flexibility index (Phi) is 24.4. The average Bonchev–Trinajstić information content (AvgIpc) is 2.68. The summed E-state index contributed by atoms with van der Waals surface area (Å²) < 4.78 is 10.2. The maximum Gasteiger partial charge on any atom is 2.00 e. The standard InChI is InChI=1S/C11H14O2.C9H9BrO2.C2H5.CH4.BrH.Mg/c1-4-9-5-6-10(8(2)7-9)11(12)13-3;1-6-5-7(10)3-4-8(6)9(11)12-2;1-2;;;/h5-7H,4H2,1-3H3;3-5H,1-2H3;1H2,2H3;1H4;1H;/q;;-1;;;+2/p-1. The van der Waals surface area contributed by atoms with Gasteiger partial charge in [-0.25, -0.2) is 9.59 Å². The molecule has 0 fully saturated rings. The van der Waals surface area contributed by atoms with E-state index >= 15 is 0 Å². The molecule has 0 aliphatic carbocycles. The fraction of sp³-hybridized carbons (Fsp3) is 0.348. The molecule has 0 unspecified atom stereocenters. The summed E-state index contributed by atoms with van der Waals surface area (Å²) >= 11 is 3.32. The van der Waals surface area contributed by atoms with Crippen LogP contribution in [0, 0.1) is 20.8 Å². The Morgan fingerprint density at radius 1 is 0.900 bits per heavy atom. The van der Waals surface area contributed by atoms with Crippen LogP contribution in [0.3, 0.4) is 0 Å². The van der Waals surface area contributed by atoms with Gasteiger partial charge in [-0.1, -0.05) is 42.4 Å². The second-order valence-corrected chi connectivity index (χ2v) is 6.36. The second-order valence-electron chi connectivity index (χ2n) is 5.45. The van der Waals surface area contributed by atoms with Gasteiger partial charge in [0.25, 0.3) is 0 Å². The minimum absolute atomic E-state index is 0. The zero-order valence-electron chi connectivity index (χ0n) is 18.0. The van der Waals surface area contributed by atoms with Crippen molar-refractivity contribution in [2.24, 2.45) is 0 Å². The quantitative estimate of drug-likeness (QED) is 0.332. The predicted octanol–water partition coefficient (Wildman–Crippen LogP) is 2.99. The molecule has 0 spiro atoms. The molecule has 164 valence electrons. The first-order valence-electron chi connectivity index (χ1n) is 8.57. The maximum absolute atomic E-state index is 11.2. The number of aryl methyl sites for hydroxylation is 3. The summed E-state index contributed by atoms with van der Waals surface area (Å²) in [6, 6.07) is 11.2. The molecule has 30 heavy (non-hydrogen) atoms. The van der Waals surface area contributed by atoms with Crippen LogP contribution in [-0.4, -0.2) is 49.2 Å². The number of halogens is 2. The smallest absolute Gasteiger partial charge is 1.00 e. The van der Waals surface area contributed by atoms with Gasteiger partial charge < -0.3 is 33.4 Å². The zero-order valence-corrected chi connectivity index (χ0v) is 22.6. The number of hydrogen-bond acceptors (Lipinski definition) is 4. The van der Waals surface area contributed by atoms with Crippen LogP contribution in [-0.2, 0) is 15.9 Å². The van der Waals surface area contributed by atoms with Gasteiger partial charge in [-0.15, -0.1) is 0 Å². The summed E-state index contributed by atoms with van der Waals surface area (Å²) in [6.07, 6.45) is 0.988. The van der Waals surface area contributed by atoms with Crippen LogP contribution >= 0.6 is 15.9 Å². The molecule has 7 heteroatoms. The normalized spacial score (nSPS) is 8.27. The van der Waals surface area contributed by atoms with Crippen molar-refractivity contribution >= 4 is 50.9 Å². The average molecular weight is 557 g/mol. The van der Waals surface area contributed by atoms with Crippen LogP contribution in [0.25, 0.3) is 0 Å². The van der Waals surface area contributed by atoms with Crippen molar-refractivity contribution in [3.63, 3.8) is 0 Å². The van der Waals surface area contributed by atoms with Gasteiger partial charge in [0.1, 0.15) is 0 Å². The number of hydrogen-bond donors (Lipinski definition) is 0. The number of rotatable bonds is 3. The first-order valence-corrected chi connectivity index (χ1v) is 9.36. The Bertz CT molecular complexity index is 765. The SMILES string of the molecule is C.CCc1ccc(C(=O)OC)c(C)c1.COC(=O)c1ccc(Br)cc1C.[Br-].[CH2-]C.[Mg+2]. The summed E-state index contributed by atoms with van der Waals surface area (Å²) in [7, 11) is 2.78. The summed E-state index contributed by atoms with van der Waals surface area (Å²) in [5, 5.41) is 0. The van der Waals surface area contributed by atoms with E-state index in [1.54, 1.807) is 13.0 Å². The Balaban J connectivity index is -0.000000191. The van der Waals surface area contributed by atoms with E-state index in [1.165, 1.54) is 19.8 Å². The summed E-state index contributed by atoms with van der Waals surface area (Å²) in [6.45, 7) is 10.9. The third-order valence-corrected chi connectivity index (χ3v) is 4.19. The topological polar surface area (TPSA) is 52.6 Å². The Hall–Kier alpha value is -0.894. The third-order valence-electron chi connectivity index (χ3n) is 3.70. The van der Waals surface area contributed by atoms with E-state index in [2.05, 4.69) is 39.3 Å². The minimum atomic E-state index is -0.292. The van der Waals surface area contributed by atoms with E-state index in [0.717, 1.165) is 22.0 Å². The van der Waals surface area contributed by atoms with Gasteiger partial charge in [-0.3, -0.25) is 0 Å². The number of carbonyl (C=O) groups excluding carboxylic acids is 2. The van der Waals surface area contributed by atoms with Gasteiger partial charge in [0.15, 0.2) is 0 Å². The Labute approximate surface area is 217 Å². The van der Waals surface area contributed by atoms with Crippen molar-refractivity contribution in [1.82, 2.24) is 0 Å². The Morgan fingerprint density at radius 3 is 1.63 bits per heavy atom. The Morgan fingerprint density at radius 2 is 1.30 bits per heavy atom. The number of benzene rings is 2. The van der Waals surface area contributed by atoms with Crippen molar-refractivity contribution < 1.29 is 36.0 Å². The van der Waals surface area contributed by atoms with Crippen molar-refractivity contribution in [3.05, 3.63) is 75.6 Å². The minimum Gasteiger partial charge on any atom is -1.00 e. The van der Waals surface area contributed by atoms with Gasteiger partial charge >= 0.3 is 35.0 Å². The first kappa shape index (κ1) is 36.5. The van der Waals surface area contributed by atoms with Crippen LogP contribution in [0.4, 0.5) is 0 Å². The van der Waals surface area contributed by atoms with Gasteiger partial charge in [0, 0.05) is 4.47 Å². The van der Waals surface area contributed by atoms with Crippen LogP contribution in [0.2, 0.25) is 0 Å². The molecule has 0 saturated carbocycles. The van der Waals surface area contributed by atoms with E-state index in [9.17, 15) is 9.59 Å². The first-order chi connectivity index (χ1) is 12.8.